The smallest absolute Gasteiger partial charge is 0.320 e. The maximum absolute atomic E-state index is 12.1. The summed E-state index contributed by atoms with van der Waals surface area (Å²) in [5.41, 5.74) is 0. The Balaban J connectivity index is 4.97. The van der Waals surface area contributed by atoms with E-state index in [0.29, 0.717) is 6.42 Å². The van der Waals surface area contributed by atoms with Crippen molar-refractivity contribution in [1.82, 2.24) is 0 Å². The van der Waals surface area contributed by atoms with Gasteiger partial charge in [-0.05, 0) is 40.0 Å². The van der Waals surface area contributed by atoms with E-state index in [-0.39, 0.29) is 24.4 Å². The second-order valence-corrected chi connectivity index (χ2v) is 5.92. The van der Waals surface area contributed by atoms with E-state index in [9.17, 15) is 14.4 Å². The molecule has 0 aliphatic heterocycles. The van der Waals surface area contributed by atoms with Crippen LogP contribution in [0.4, 0.5) is 0 Å². The van der Waals surface area contributed by atoms with Crippen molar-refractivity contribution >= 4 is 17.7 Å². The predicted octanol–water partition coefficient (Wildman–Crippen LogP) is 2.90. The van der Waals surface area contributed by atoms with Gasteiger partial charge in [-0.15, -0.1) is 0 Å². The highest BCUT2D eigenvalue weighted by Gasteiger charge is 2.36. The summed E-state index contributed by atoms with van der Waals surface area (Å²) in [5.74, 6) is -2.67. The summed E-state index contributed by atoms with van der Waals surface area (Å²) in [6.45, 7) is 10.5. The Kier molecular flexibility index (Phi) is 8.90. The number of esters is 2. The lowest BCUT2D eigenvalue weighted by Crippen LogP contribution is -2.36. The molecule has 0 saturated carbocycles. The molecule has 1 atom stereocenters. The van der Waals surface area contributed by atoms with E-state index < -0.39 is 23.8 Å². The minimum absolute atomic E-state index is 0.0460. The third-order valence-electron chi connectivity index (χ3n) is 2.86. The third-order valence-corrected chi connectivity index (χ3v) is 2.86. The monoisotopic (exact) mass is 300 g/mol. The van der Waals surface area contributed by atoms with Gasteiger partial charge in [0.2, 0.25) is 0 Å². The third kappa shape index (κ3) is 7.83. The van der Waals surface area contributed by atoms with Crippen molar-refractivity contribution < 1.29 is 23.9 Å². The average Bonchev–Trinajstić information content (AvgIpc) is 2.26. The molecule has 5 heteroatoms. The Morgan fingerprint density at radius 2 is 1.29 bits per heavy atom. The summed E-state index contributed by atoms with van der Waals surface area (Å²) < 4.78 is 10.3. The van der Waals surface area contributed by atoms with Gasteiger partial charge >= 0.3 is 11.9 Å². The van der Waals surface area contributed by atoms with Crippen LogP contribution in [-0.2, 0) is 23.9 Å². The Labute approximate surface area is 127 Å². The Bertz CT molecular complexity index is 338. The van der Waals surface area contributed by atoms with E-state index in [1.807, 2.05) is 6.92 Å². The zero-order chi connectivity index (χ0) is 16.6. The number of carbonyl (C=O) groups is 3. The highest BCUT2D eigenvalue weighted by atomic mass is 16.6. The predicted molar refractivity (Wildman–Crippen MR) is 79.6 cm³/mol. The molecule has 0 saturated heterocycles. The number of Topliss-reactive ketones (excluding diaryl/α,β-unsaturated/α-hetero) is 1. The highest BCUT2D eigenvalue weighted by molar-refractivity contribution is 5.96. The normalized spacial score (nSPS) is 12.6. The van der Waals surface area contributed by atoms with Gasteiger partial charge in [-0.3, -0.25) is 14.4 Å². The van der Waals surface area contributed by atoms with Crippen LogP contribution in [0.3, 0.4) is 0 Å². The van der Waals surface area contributed by atoms with Crippen LogP contribution < -0.4 is 0 Å². The lowest BCUT2D eigenvalue weighted by atomic mass is 9.88. The van der Waals surface area contributed by atoms with Gasteiger partial charge in [0.25, 0.3) is 0 Å². The Morgan fingerprint density at radius 1 is 0.857 bits per heavy atom. The minimum atomic E-state index is -1.05. The van der Waals surface area contributed by atoms with Gasteiger partial charge in [-0.25, -0.2) is 0 Å². The molecule has 0 bridgehead atoms. The van der Waals surface area contributed by atoms with Crippen LogP contribution in [-0.4, -0.2) is 29.9 Å². The van der Waals surface area contributed by atoms with E-state index >= 15 is 0 Å². The van der Waals surface area contributed by atoms with Crippen LogP contribution in [0, 0.1) is 11.8 Å². The molecule has 0 aromatic heterocycles. The van der Waals surface area contributed by atoms with Crippen molar-refractivity contribution in [2.45, 2.75) is 73.0 Å². The first-order valence-corrected chi connectivity index (χ1v) is 7.61. The van der Waals surface area contributed by atoms with Crippen molar-refractivity contribution in [2.24, 2.45) is 11.8 Å². The molecule has 0 unspecified atom stereocenters. The van der Waals surface area contributed by atoms with Gasteiger partial charge in [0.1, 0.15) is 5.78 Å². The molecule has 0 aromatic carbocycles. The summed E-state index contributed by atoms with van der Waals surface area (Å²) in [6, 6.07) is 0. The van der Waals surface area contributed by atoms with Gasteiger partial charge in [0, 0.05) is 12.8 Å². The van der Waals surface area contributed by atoms with Gasteiger partial charge in [-0.1, -0.05) is 13.8 Å². The lowest BCUT2D eigenvalue weighted by Gasteiger charge is -2.22. The van der Waals surface area contributed by atoms with Crippen LogP contribution in [0.25, 0.3) is 0 Å². The fraction of sp³-hybridized carbons (Fsp3) is 0.812. The molecule has 0 aliphatic carbocycles. The summed E-state index contributed by atoms with van der Waals surface area (Å²) in [5, 5.41) is 0. The molecule has 0 radical (unpaired) electrons. The van der Waals surface area contributed by atoms with Gasteiger partial charge in [0.15, 0.2) is 5.92 Å². The summed E-state index contributed by atoms with van der Waals surface area (Å²) in [7, 11) is 0. The second-order valence-electron chi connectivity index (χ2n) is 5.92. The van der Waals surface area contributed by atoms with Crippen LogP contribution in [0.5, 0.6) is 0 Å². The molecule has 0 fully saturated rings. The molecular formula is C16H28O5. The number of rotatable bonds is 9. The Hall–Kier alpha value is -1.39. The maximum Gasteiger partial charge on any atom is 0.320 e. The van der Waals surface area contributed by atoms with Crippen molar-refractivity contribution in [1.29, 1.82) is 0 Å². The molecule has 122 valence electrons. The van der Waals surface area contributed by atoms with E-state index in [2.05, 4.69) is 0 Å². The van der Waals surface area contributed by atoms with Crippen molar-refractivity contribution in [3.63, 3.8) is 0 Å². The van der Waals surface area contributed by atoms with E-state index in [0.717, 1.165) is 6.42 Å². The SMILES string of the molecule is CCCC(=O)C[C@H](C)C(C(=O)OC(C)C)C(=O)OC(C)C. The van der Waals surface area contributed by atoms with Crippen LogP contribution in [0.2, 0.25) is 0 Å². The Morgan fingerprint density at radius 3 is 1.62 bits per heavy atom. The maximum atomic E-state index is 12.1. The average molecular weight is 300 g/mol. The molecule has 0 amide bonds. The standard InChI is InChI=1S/C16H28O5/c1-7-8-13(17)9-12(6)14(15(18)20-10(2)3)16(19)21-11(4)5/h10-12,14H,7-9H2,1-6H3/t12-/m0/s1. The molecule has 0 spiro atoms. The summed E-state index contributed by atoms with van der Waals surface area (Å²) >= 11 is 0. The number of carbonyl (C=O) groups excluding carboxylic acids is 3. The highest BCUT2D eigenvalue weighted by Crippen LogP contribution is 2.22. The van der Waals surface area contributed by atoms with Gasteiger partial charge in [-0.2, -0.15) is 0 Å². The fourth-order valence-electron chi connectivity index (χ4n) is 2.03. The zero-order valence-electron chi connectivity index (χ0n) is 14.0. The molecule has 21 heavy (non-hydrogen) atoms. The largest absolute Gasteiger partial charge is 0.462 e. The van der Waals surface area contributed by atoms with E-state index in [4.69, 9.17) is 9.47 Å². The van der Waals surface area contributed by atoms with Crippen LogP contribution in [0.1, 0.15) is 60.8 Å². The van der Waals surface area contributed by atoms with Gasteiger partial charge < -0.3 is 9.47 Å². The second kappa shape index (κ2) is 9.53. The first kappa shape index (κ1) is 19.6. The topological polar surface area (TPSA) is 69.7 Å². The molecular weight excluding hydrogens is 272 g/mol. The van der Waals surface area contributed by atoms with Crippen molar-refractivity contribution in [2.75, 3.05) is 0 Å². The van der Waals surface area contributed by atoms with E-state index in [1.165, 1.54) is 0 Å². The molecule has 0 aromatic rings. The lowest BCUT2D eigenvalue weighted by molar-refractivity contribution is -0.169. The number of ketones is 1. The van der Waals surface area contributed by atoms with Crippen LogP contribution >= 0.6 is 0 Å². The number of ether oxygens (including phenoxy) is 2. The molecule has 0 N–H and O–H groups in total. The number of hydrogen-bond acceptors (Lipinski definition) is 5. The fourth-order valence-corrected chi connectivity index (χ4v) is 2.03. The molecule has 0 heterocycles. The molecule has 0 rings (SSSR count). The van der Waals surface area contributed by atoms with Gasteiger partial charge in [0.05, 0.1) is 12.2 Å². The summed E-state index contributed by atoms with van der Waals surface area (Å²) in [6.07, 6.45) is 0.758. The quantitative estimate of drug-likeness (QED) is 0.484. The van der Waals surface area contributed by atoms with Crippen LogP contribution in [0.15, 0.2) is 0 Å². The number of hydrogen-bond donors (Lipinski definition) is 0. The molecule has 0 aliphatic rings. The zero-order valence-corrected chi connectivity index (χ0v) is 14.0. The van der Waals surface area contributed by atoms with E-state index in [1.54, 1.807) is 34.6 Å². The van der Waals surface area contributed by atoms with Crippen molar-refractivity contribution in [3.05, 3.63) is 0 Å². The minimum Gasteiger partial charge on any atom is -0.462 e. The first-order valence-electron chi connectivity index (χ1n) is 7.61. The van der Waals surface area contributed by atoms with Crippen molar-refractivity contribution in [3.8, 4) is 0 Å². The first-order chi connectivity index (χ1) is 9.68. The summed E-state index contributed by atoms with van der Waals surface area (Å²) in [4.78, 5) is 36.0. The molecule has 5 nitrogen and oxygen atoms in total.